The van der Waals surface area contributed by atoms with Gasteiger partial charge in [0, 0.05) is 0 Å². The average molecular weight is 292 g/mol. The number of benzene rings is 1. The van der Waals surface area contributed by atoms with Crippen molar-refractivity contribution in [3.05, 3.63) is 28.8 Å². The highest BCUT2D eigenvalue weighted by Crippen LogP contribution is 2.35. The fourth-order valence-corrected chi connectivity index (χ4v) is 1.64. The third kappa shape index (κ3) is 3.57. The molecule has 0 saturated heterocycles. The number of aryl methyl sites for hydroxylation is 1. The van der Waals surface area contributed by atoms with Crippen molar-refractivity contribution in [2.45, 2.75) is 13.1 Å². The predicted octanol–water partition coefficient (Wildman–Crippen LogP) is 2.46. The normalized spacial score (nSPS) is 11.0. The van der Waals surface area contributed by atoms with Crippen LogP contribution < -0.4 is 11.1 Å². The summed E-state index contributed by atoms with van der Waals surface area (Å²) in [7, 11) is 1.12. The van der Waals surface area contributed by atoms with Gasteiger partial charge in [-0.25, -0.2) is 4.79 Å². The smallest absolute Gasteiger partial charge is 0.416 e. The minimum atomic E-state index is -4.54. The fourth-order valence-electron chi connectivity index (χ4n) is 1.53. The number of carbonyl (C=O) groups is 1. The van der Waals surface area contributed by atoms with Gasteiger partial charge in [0.05, 0.1) is 23.9 Å². The molecule has 0 saturated carbocycles. The fraction of sp³-hybridized carbons (Fsp3) is 0.273. The van der Waals surface area contributed by atoms with Gasteiger partial charge in [0.25, 0.3) is 0 Å². The zero-order valence-corrected chi connectivity index (χ0v) is 10.9. The van der Waals surface area contributed by atoms with Gasteiger partial charge in [-0.2, -0.15) is 13.2 Å². The lowest BCUT2D eigenvalue weighted by Crippen LogP contribution is -2.22. The number of methoxy groups -OCH3 is 1. The van der Waals surface area contributed by atoms with Crippen molar-refractivity contribution in [3.63, 3.8) is 0 Å². The number of alkyl halides is 3. The third-order valence-electron chi connectivity index (χ3n) is 2.33. The van der Waals surface area contributed by atoms with Gasteiger partial charge < -0.3 is 15.8 Å². The number of rotatable bonds is 2. The quantitative estimate of drug-likeness (QED) is 0.647. The molecule has 1 rings (SSSR count). The first-order valence-electron chi connectivity index (χ1n) is 5.03. The molecule has 0 amide bonds. The van der Waals surface area contributed by atoms with Gasteiger partial charge >= 0.3 is 12.1 Å². The first kappa shape index (κ1) is 15.2. The third-order valence-corrected chi connectivity index (χ3v) is 2.44. The van der Waals surface area contributed by atoms with Crippen LogP contribution in [0.25, 0.3) is 0 Å². The van der Waals surface area contributed by atoms with Crippen LogP contribution in [-0.2, 0) is 10.9 Å². The van der Waals surface area contributed by atoms with Crippen molar-refractivity contribution in [2.75, 3.05) is 12.4 Å². The molecule has 8 heteroatoms. The SMILES string of the molecule is COC(=O)c1cc(C)c(C(F)(F)F)cc1NC(N)=S. The zero-order valence-electron chi connectivity index (χ0n) is 10.1. The van der Waals surface area contributed by atoms with E-state index in [0.29, 0.717) is 0 Å². The van der Waals surface area contributed by atoms with Crippen molar-refractivity contribution in [2.24, 2.45) is 5.73 Å². The highest BCUT2D eigenvalue weighted by atomic mass is 32.1. The molecule has 0 heterocycles. The van der Waals surface area contributed by atoms with E-state index < -0.39 is 17.7 Å². The van der Waals surface area contributed by atoms with Crippen LogP contribution in [0.15, 0.2) is 12.1 Å². The van der Waals surface area contributed by atoms with Crippen LogP contribution in [-0.4, -0.2) is 18.2 Å². The number of anilines is 1. The van der Waals surface area contributed by atoms with Crippen LogP contribution in [0.3, 0.4) is 0 Å². The van der Waals surface area contributed by atoms with Gasteiger partial charge in [-0.05, 0) is 36.8 Å². The van der Waals surface area contributed by atoms with Crippen molar-refractivity contribution >= 4 is 29.0 Å². The molecule has 4 nitrogen and oxygen atoms in total. The van der Waals surface area contributed by atoms with Gasteiger partial charge in [0.1, 0.15) is 0 Å². The molecule has 0 radical (unpaired) electrons. The summed E-state index contributed by atoms with van der Waals surface area (Å²) in [6.45, 7) is 1.25. The molecular formula is C11H11F3N2O2S. The van der Waals surface area contributed by atoms with Gasteiger partial charge in [-0.3, -0.25) is 0 Å². The van der Waals surface area contributed by atoms with E-state index in [1.54, 1.807) is 0 Å². The topological polar surface area (TPSA) is 64.3 Å². The molecule has 0 aliphatic carbocycles. The van der Waals surface area contributed by atoms with Crippen molar-refractivity contribution in [1.29, 1.82) is 0 Å². The number of hydrogen-bond acceptors (Lipinski definition) is 3. The lowest BCUT2D eigenvalue weighted by Gasteiger charge is -2.16. The maximum Gasteiger partial charge on any atom is 0.416 e. The van der Waals surface area contributed by atoms with Crippen LogP contribution in [0, 0.1) is 6.92 Å². The molecule has 104 valence electrons. The van der Waals surface area contributed by atoms with E-state index >= 15 is 0 Å². The molecule has 1 aromatic rings. The van der Waals surface area contributed by atoms with Crippen LogP contribution in [0.4, 0.5) is 18.9 Å². The van der Waals surface area contributed by atoms with Crippen molar-refractivity contribution < 1.29 is 22.7 Å². The number of ether oxygens (including phenoxy) is 1. The number of halogens is 3. The van der Waals surface area contributed by atoms with Gasteiger partial charge in [0.15, 0.2) is 5.11 Å². The van der Waals surface area contributed by atoms with Crippen LogP contribution in [0.2, 0.25) is 0 Å². The summed E-state index contributed by atoms with van der Waals surface area (Å²) >= 11 is 4.56. The minimum Gasteiger partial charge on any atom is -0.465 e. The Morgan fingerprint density at radius 2 is 2.00 bits per heavy atom. The van der Waals surface area contributed by atoms with E-state index in [-0.39, 0.29) is 21.9 Å². The van der Waals surface area contributed by atoms with E-state index in [1.807, 2.05) is 0 Å². The van der Waals surface area contributed by atoms with Gasteiger partial charge in [-0.15, -0.1) is 0 Å². The highest BCUT2D eigenvalue weighted by Gasteiger charge is 2.34. The second-order valence-electron chi connectivity index (χ2n) is 3.69. The summed E-state index contributed by atoms with van der Waals surface area (Å²) in [4.78, 5) is 11.5. The second-order valence-corrected chi connectivity index (χ2v) is 4.13. The first-order valence-corrected chi connectivity index (χ1v) is 5.44. The number of esters is 1. The van der Waals surface area contributed by atoms with E-state index in [4.69, 9.17) is 5.73 Å². The summed E-state index contributed by atoms with van der Waals surface area (Å²) in [6, 6.07) is 1.86. The van der Waals surface area contributed by atoms with Gasteiger partial charge in [-0.1, -0.05) is 0 Å². The molecule has 0 unspecified atom stereocenters. The maximum absolute atomic E-state index is 12.8. The molecule has 0 bridgehead atoms. The Labute approximate surface area is 112 Å². The van der Waals surface area contributed by atoms with Gasteiger partial charge in [0.2, 0.25) is 0 Å². The molecule has 19 heavy (non-hydrogen) atoms. The monoisotopic (exact) mass is 292 g/mol. The van der Waals surface area contributed by atoms with E-state index in [9.17, 15) is 18.0 Å². The molecule has 3 N–H and O–H groups in total. The second kappa shape index (κ2) is 5.43. The Bertz CT molecular complexity index is 529. The number of thiocarbonyl (C=S) groups is 1. The van der Waals surface area contributed by atoms with E-state index in [1.165, 1.54) is 6.92 Å². The number of carbonyl (C=O) groups excluding carboxylic acids is 1. The average Bonchev–Trinajstić information content (AvgIpc) is 2.27. The zero-order chi connectivity index (χ0) is 14.8. The maximum atomic E-state index is 12.8. The van der Waals surface area contributed by atoms with Crippen molar-refractivity contribution in [1.82, 2.24) is 0 Å². The van der Waals surface area contributed by atoms with Crippen LogP contribution >= 0.6 is 12.2 Å². The Balaban J connectivity index is 3.45. The lowest BCUT2D eigenvalue weighted by atomic mass is 10.0. The highest BCUT2D eigenvalue weighted by molar-refractivity contribution is 7.80. The molecule has 0 aliphatic rings. The molecule has 1 aromatic carbocycles. The number of nitrogens with two attached hydrogens (primary N) is 1. The Kier molecular flexibility index (Phi) is 4.35. The largest absolute Gasteiger partial charge is 0.465 e. The lowest BCUT2D eigenvalue weighted by molar-refractivity contribution is -0.138. The molecule has 0 atom stereocenters. The first-order chi connectivity index (χ1) is 8.66. The Morgan fingerprint density at radius 1 is 1.42 bits per heavy atom. The molecule has 0 aliphatic heterocycles. The molecule has 0 spiro atoms. The van der Waals surface area contributed by atoms with Crippen molar-refractivity contribution in [3.8, 4) is 0 Å². The van der Waals surface area contributed by atoms with E-state index in [2.05, 4.69) is 22.3 Å². The summed E-state index contributed by atoms with van der Waals surface area (Å²) in [5.41, 5.74) is 4.04. The van der Waals surface area contributed by atoms with Crippen LogP contribution in [0.5, 0.6) is 0 Å². The summed E-state index contributed by atoms with van der Waals surface area (Å²) in [5, 5.41) is 2.09. The summed E-state index contributed by atoms with van der Waals surface area (Å²) in [5.74, 6) is -0.782. The Hall–Kier alpha value is -1.83. The van der Waals surface area contributed by atoms with Crippen LogP contribution in [0.1, 0.15) is 21.5 Å². The number of nitrogens with one attached hydrogen (secondary N) is 1. The summed E-state index contributed by atoms with van der Waals surface area (Å²) in [6.07, 6.45) is -4.54. The standard InChI is InChI=1S/C11H11F3N2O2S/c1-5-3-6(9(17)18-2)8(16-10(15)19)4-7(5)11(12,13)14/h3-4H,1-2H3,(H3,15,16,19). The number of hydrogen-bond donors (Lipinski definition) is 2. The molecule has 0 fully saturated rings. The summed E-state index contributed by atoms with van der Waals surface area (Å²) < 4.78 is 42.8. The Morgan fingerprint density at radius 3 is 2.42 bits per heavy atom. The van der Waals surface area contributed by atoms with E-state index in [0.717, 1.165) is 19.2 Å². The predicted molar refractivity (Wildman–Crippen MR) is 67.9 cm³/mol. The minimum absolute atomic E-state index is 0.0687. The molecule has 0 aromatic heterocycles. The molecular weight excluding hydrogens is 281 g/mol.